The SMILES string of the molecule is Cc1ccc(-n2c(C)cc(/C=N\N3C(=O)[C@@H]4[C@H]5C=C[C@@H]([C@@H]6C[C@@H]56)[C@@H]4C3=O)c2C)cc1Br. The Hall–Kier alpha value is -2.47. The molecule has 4 aliphatic carbocycles. The first-order chi connectivity index (χ1) is 14.9. The zero-order chi connectivity index (χ0) is 21.6. The summed E-state index contributed by atoms with van der Waals surface area (Å²) in [5, 5.41) is 5.57. The van der Waals surface area contributed by atoms with E-state index < -0.39 is 0 Å². The van der Waals surface area contributed by atoms with Crippen LogP contribution in [-0.4, -0.2) is 27.6 Å². The molecule has 1 aromatic heterocycles. The maximum Gasteiger partial charge on any atom is 0.254 e. The first kappa shape index (κ1) is 19.2. The van der Waals surface area contributed by atoms with Crippen molar-refractivity contribution >= 4 is 34.0 Å². The number of imide groups is 1. The van der Waals surface area contributed by atoms with Crippen molar-refractivity contribution in [2.24, 2.45) is 40.6 Å². The maximum absolute atomic E-state index is 13.1. The van der Waals surface area contributed by atoms with Crippen molar-refractivity contribution in [1.82, 2.24) is 9.58 Å². The number of amides is 2. The molecule has 31 heavy (non-hydrogen) atoms. The number of rotatable bonds is 3. The molecule has 7 rings (SSSR count). The van der Waals surface area contributed by atoms with Gasteiger partial charge in [-0.2, -0.15) is 10.1 Å². The minimum absolute atomic E-state index is 0.118. The second-order valence-corrected chi connectivity index (χ2v) is 10.3. The van der Waals surface area contributed by atoms with Crippen molar-refractivity contribution in [1.29, 1.82) is 0 Å². The van der Waals surface area contributed by atoms with E-state index in [1.165, 1.54) is 12.0 Å². The molecule has 0 radical (unpaired) electrons. The van der Waals surface area contributed by atoms with Crippen LogP contribution in [0.15, 0.2) is 46.0 Å². The van der Waals surface area contributed by atoms with Crippen molar-refractivity contribution in [3.63, 3.8) is 0 Å². The molecule has 5 nitrogen and oxygen atoms in total. The number of hydrogen-bond acceptors (Lipinski definition) is 3. The summed E-state index contributed by atoms with van der Waals surface area (Å²) in [6.45, 7) is 6.15. The van der Waals surface area contributed by atoms with Gasteiger partial charge in [0.25, 0.3) is 11.8 Å². The molecular formula is C25H24BrN3O2. The van der Waals surface area contributed by atoms with Crippen molar-refractivity contribution in [2.45, 2.75) is 27.2 Å². The highest BCUT2D eigenvalue weighted by Crippen LogP contribution is 2.65. The molecule has 0 N–H and O–H groups in total. The zero-order valence-corrected chi connectivity index (χ0v) is 19.3. The van der Waals surface area contributed by atoms with Gasteiger partial charge < -0.3 is 4.57 Å². The quantitative estimate of drug-likeness (QED) is 0.369. The van der Waals surface area contributed by atoms with Crippen LogP contribution in [0.1, 0.15) is 28.9 Å². The van der Waals surface area contributed by atoms with Crippen molar-refractivity contribution in [2.75, 3.05) is 0 Å². The van der Waals surface area contributed by atoms with Gasteiger partial charge in [-0.15, -0.1) is 0 Å². The molecule has 3 fully saturated rings. The number of carbonyl (C=O) groups excluding carboxylic acids is 2. The van der Waals surface area contributed by atoms with E-state index in [9.17, 15) is 9.59 Å². The maximum atomic E-state index is 13.1. The normalized spacial score (nSPS) is 32.8. The number of hydrogen-bond donors (Lipinski definition) is 0. The third kappa shape index (κ3) is 2.63. The van der Waals surface area contributed by atoms with Crippen LogP contribution in [0.4, 0.5) is 0 Å². The summed E-state index contributed by atoms with van der Waals surface area (Å²) in [6.07, 6.45) is 7.21. The van der Waals surface area contributed by atoms with Crippen LogP contribution in [0.3, 0.4) is 0 Å². The second-order valence-electron chi connectivity index (χ2n) is 9.48. The predicted molar refractivity (Wildman–Crippen MR) is 122 cm³/mol. The molecule has 2 aromatic rings. The number of benzene rings is 1. The highest BCUT2D eigenvalue weighted by Gasteiger charge is 2.67. The molecular weight excluding hydrogens is 454 g/mol. The molecule has 2 heterocycles. The van der Waals surface area contributed by atoms with Gasteiger partial charge in [0.15, 0.2) is 0 Å². The van der Waals surface area contributed by atoms with Gasteiger partial charge >= 0.3 is 0 Å². The van der Waals surface area contributed by atoms with E-state index in [1.807, 2.05) is 13.0 Å². The van der Waals surface area contributed by atoms with Crippen molar-refractivity contribution < 1.29 is 9.59 Å². The van der Waals surface area contributed by atoms with E-state index >= 15 is 0 Å². The van der Waals surface area contributed by atoms with Crippen LogP contribution >= 0.6 is 15.9 Å². The summed E-state index contributed by atoms with van der Waals surface area (Å²) >= 11 is 3.61. The Kier molecular flexibility index (Phi) is 4.04. The topological polar surface area (TPSA) is 54.7 Å². The van der Waals surface area contributed by atoms with Crippen LogP contribution < -0.4 is 0 Å². The van der Waals surface area contributed by atoms with E-state index in [2.05, 4.69) is 69.8 Å². The molecule has 5 aliphatic rings. The van der Waals surface area contributed by atoms with Gasteiger partial charge in [-0.25, -0.2) is 0 Å². The summed E-state index contributed by atoms with van der Waals surface area (Å²) in [6, 6.07) is 8.32. The van der Waals surface area contributed by atoms with Gasteiger partial charge in [0.1, 0.15) is 0 Å². The van der Waals surface area contributed by atoms with Crippen LogP contribution in [0, 0.1) is 56.3 Å². The summed E-state index contributed by atoms with van der Waals surface area (Å²) in [4.78, 5) is 26.2. The molecule has 0 unspecified atom stereocenters. The van der Waals surface area contributed by atoms with Gasteiger partial charge in [-0.1, -0.05) is 34.1 Å². The highest BCUT2D eigenvalue weighted by molar-refractivity contribution is 9.10. The zero-order valence-electron chi connectivity index (χ0n) is 17.7. The Morgan fingerprint density at radius 3 is 2.26 bits per heavy atom. The molecule has 1 aliphatic heterocycles. The molecule has 1 saturated heterocycles. The molecule has 158 valence electrons. The molecule has 2 amide bonds. The lowest BCUT2D eigenvalue weighted by Crippen LogP contribution is -2.40. The third-order valence-corrected chi connectivity index (χ3v) is 8.69. The van der Waals surface area contributed by atoms with Gasteiger partial charge in [0, 0.05) is 27.1 Å². The Labute approximate surface area is 189 Å². The Balaban J connectivity index is 1.30. The lowest BCUT2D eigenvalue weighted by Gasteiger charge is -2.37. The first-order valence-electron chi connectivity index (χ1n) is 10.9. The molecule has 1 aromatic carbocycles. The Morgan fingerprint density at radius 1 is 1.00 bits per heavy atom. The number of hydrazone groups is 1. The first-order valence-corrected chi connectivity index (χ1v) is 11.7. The molecule has 2 bridgehead atoms. The Morgan fingerprint density at radius 2 is 1.65 bits per heavy atom. The average Bonchev–Trinajstić information content (AvgIpc) is 3.47. The summed E-state index contributed by atoms with van der Waals surface area (Å²) in [7, 11) is 0. The number of carbonyl (C=O) groups is 2. The molecule has 2 saturated carbocycles. The van der Waals surface area contributed by atoms with Crippen LogP contribution in [-0.2, 0) is 9.59 Å². The average molecular weight is 478 g/mol. The van der Waals surface area contributed by atoms with E-state index in [0.717, 1.165) is 32.1 Å². The van der Waals surface area contributed by atoms with E-state index in [1.54, 1.807) is 6.21 Å². The lowest BCUT2D eigenvalue weighted by molar-refractivity contribution is -0.140. The van der Waals surface area contributed by atoms with Gasteiger partial charge in [0.05, 0.1) is 18.1 Å². The number of aryl methyl sites for hydroxylation is 2. The van der Waals surface area contributed by atoms with E-state index in [-0.39, 0.29) is 35.5 Å². The molecule has 6 heteroatoms. The summed E-state index contributed by atoms with van der Waals surface area (Å²) in [5.41, 5.74) is 5.25. The molecule has 0 spiro atoms. The number of nitrogens with zero attached hydrogens (tertiary/aromatic N) is 3. The highest BCUT2D eigenvalue weighted by atomic mass is 79.9. The largest absolute Gasteiger partial charge is 0.318 e. The number of allylic oxidation sites excluding steroid dienone is 2. The standard InChI is InChI=1S/C25H24BrN3O2/c1-12-4-5-16(9-21(12)26)28-13(2)8-15(14(28)3)11-27-29-24(30)22-17-6-7-18(20-10-19(17)20)23(22)25(29)31/h4-9,11,17-20,22-23H,10H2,1-3H3/b27-11-/t17-,18-,19-,20-,22-,23+/m0/s1. The fraction of sp³-hybridized carbons (Fsp3) is 0.400. The van der Waals surface area contributed by atoms with E-state index in [0.29, 0.717) is 11.8 Å². The van der Waals surface area contributed by atoms with Crippen LogP contribution in [0.2, 0.25) is 0 Å². The summed E-state index contributed by atoms with van der Waals surface area (Å²) < 4.78 is 3.22. The van der Waals surface area contributed by atoms with Crippen LogP contribution in [0.5, 0.6) is 0 Å². The van der Waals surface area contributed by atoms with E-state index in [4.69, 9.17) is 0 Å². The third-order valence-electron chi connectivity index (χ3n) is 7.84. The Bertz CT molecular complexity index is 1170. The number of aromatic nitrogens is 1. The van der Waals surface area contributed by atoms with Gasteiger partial charge in [0.2, 0.25) is 0 Å². The van der Waals surface area contributed by atoms with Crippen molar-refractivity contribution in [3.8, 4) is 5.69 Å². The van der Waals surface area contributed by atoms with Crippen LogP contribution in [0.25, 0.3) is 5.69 Å². The van der Waals surface area contributed by atoms with Gasteiger partial charge in [-0.05, 0) is 74.6 Å². The smallest absolute Gasteiger partial charge is 0.254 e. The lowest BCUT2D eigenvalue weighted by atomic mass is 9.63. The minimum Gasteiger partial charge on any atom is -0.318 e. The molecule has 6 atom stereocenters. The fourth-order valence-corrected chi connectivity index (χ4v) is 6.58. The van der Waals surface area contributed by atoms with Gasteiger partial charge in [-0.3, -0.25) is 9.59 Å². The minimum atomic E-state index is -0.208. The monoisotopic (exact) mass is 477 g/mol. The second kappa shape index (κ2) is 6.52. The predicted octanol–water partition coefficient (Wildman–Crippen LogP) is 4.55. The fourth-order valence-electron chi connectivity index (χ4n) is 6.21. The number of halogens is 1. The summed E-state index contributed by atoms with van der Waals surface area (Å²) in [5.74, 6) is 0.999. The van der Waals surface area contributed by atoms with Crippen molar-refractivity contribution in [3.05, 3.63) is 63.4 Å².